The van der Waals surface area contributed by atoms with Crippen LogP contribution in [0.25, 0.3) is 0 Å². The highest BCUT2D eigenvalue weighted by atomic mass is 16.4. The molecule has 0 aliphatic carbocycles. The number of benzene rings is 1. The van der Waals surface area contributed by atoms with Crippen LogP contribution in [0.4, 0.5) is 0 Å². The highest BCUT2D eigenvalue weighted by Gasteiger charge is 2.34. The van der Waals surface area contributed by atoms with Gasteiger partial charge < -0.3 is 31.8 Å². The fraction of sp³-hybridized carbons (Fsp3) is 0.519. The zero-order valence-corrected chi connectivity index (χ0v) is 22.4. The van der Waals surface area contributed by atoms with E-state index in [-0.39, 0.29) is 24.7 Å². The molecule has 3 amide bonds. The molecule has 6 atom stereocenters. The Morgan fingerprint density at radius 3 is 2.05 bits per heavy atom. The van der Waals surface area contributed by atoms with E-state index in [2.05, 4.69) is 25.9 Å². The van der Waals surface area contributed by atoms with Crippen LogP contribution in [-0.2, 0) is 32.0 Å². The molecule has 0 saturated heterocycles. The number of H-pyrrole nitrogens is 1. The van der Waals surface area contributed by atoms with Crippen molar-refractivity contribution in [1.29, 1.82) is 0 Å². The first-order valence-corrected chi connectivity index (χ1v) is 13.0. The highest BCUT2D eigenvalue weighted by Crippen LogP contribution is 2.13. The summed E-state index contributed by atoms with van der Waals surface area (Å²) in [5, 5.41) is 17.6. The number of aromatic nitrogens is 2. The molecule has 11 nitrogen and oxygen atoms in total. The summed E-state index contributed by atoms with van der Waals surface area (Å²) in [6.07, 6.45) is 4.49. The molecule has 208 valence electrons. The second-order valence-electron chi connectivity index (χ2n) is 9.72. The summed E-state index contributed by atoms with van der Waals surface area (Å²) in [7, 11) is 0. The second-order valence-corrected chi connectivity index (χ2v) is 9.72. The molecule has 0 bridgehead atoms. The summed E-state index contributed by atoms with van der Waals surface area (Å²) in [4.78, 5) is 58.2. The van der Waals surface area contributed by atoms with Gasteiger partial charge in [-0.05, 0) is 23.8 Å². The summed E-state index contributed by atoms with van der Waals surface area (Å²) in [5.74, 6) is -3.43. The number of hydrogen-bond donors (Lipinski definition) is 6. The fourth-order valence-corrected chi connectivity index (χ4v) is 3.95. The van der Waals surface area contributed by atoms with Gasteiger partial charge in [0, 0.05) is 18.3 Å². The zero-order chi connectivity index (χ0) is 28.2. The van der Waals surface area contributed by atoms with Gasteiger partial charge in [0.1, 0.15) is 18.1 Å². The Kier molecular flexibility index (Phi) is 11.9. The molecule has 7 N–H and O–H groups in total. The van der Waals surface area contributed by atoms with Crippen LogP contribution in [0.15, 0.2) is 42.9 Å². The Morgan fingerprint density at radius 1 is 0.895 bits per heavy atom. The van der Waals surface area contributed by atoms with Crippen LogP contribution >= 0.6 is 0 Å². The minimum atomic E-state index is -1.14. The van der Waals surface area contributed by atoms with E-state index in [4.69, 9.17) is 5.73 Å². The maximum absolute atomic E-state index is 13.4. The molecule has 0 aliphatic rings. The van der Waals surface area contributed by atoms with Gasteiger partial charge in [0.05, 0.1) is 12.4 Å². The summed E-state index contributed by atoms with van der Waals surface area (Å²) in [5.41, 5.74) is 7.62. The number of imidazole rings is 1. The van der Waals surface area contributed by atoms with Crippen molar-refractivity contribution in [2.45, 2.75) is 77.5 Å². The van der Waals surface area contributed by atoms with Crippen LogP contribution in [-0.4, -0.2) is 62.9 Å². The topological polar surface area (TPSA) is 179 Å². The normalized spacial score (nSPS) is 15.8. The number of amides is 3. The predicted octanol–water partition coefficient (Wildman–Crippen LogP) is 1.15. The zero-order valence-electron chi connectivity index (χ0n) is 22.4. The van der Waals surface area contributed by atoms with Crippen LogP contribution in [0.2, 0.25) is 0 Å². The molecule has 0 radical (unpaired) electrons. The standard InChI is InChI=1S/C27H40N6O5/c1-5-16(3)22(26(36)33-23(27(37)38)17(4)6-2)32-25(35)21(13-19-14-29-15-30-19)31-24(34)20(28)12-18-10-8-7-9-11-18/h7-11,14-17,20-23H,5-6,12-13,28H2,1-4H3,(H,29,30)(H,31,34)(H,32,35)(H,33,36)(H,37,38). The number of carbonyl (C=O) groups is 4. The van der Waals surface area contributed by atoms with Crippen molar-refractivity contribution in [1.82, 2.24) is 25.9 Å². The largest absolute Gasteiger partial charge is 0.480 e. The van der Waals surface area contributed by atoms with Crippen LogP contribution in [0, 0.1) is 11.8 Å². The molecule has 2 rings (SSSR count). The van der Waals surface area contributed by atoms with Gasteiger partial charge in [-0.1, -0.05) is 70.9 Å². The molecular weight excluding hydrogens is 488 g/mol. The van der Waals surface area contributed by atoms with Gasteiger partial charge in [-0.2, -0.15) is 0 Å². The number of carbonyl (C=O) groups excluding carboxylic acids is 3. The van der Waals surface area contributed by atoms with Gasteiger partial charge in [-0.15, -0.1) is 0 Å². The summed E-state index contributed by atoms with van der Waals surface area (Å²) in [6, 6.07) is 5.26. The number of aromatic amines is 1. The molecule has 11 heteroatoms. The lowest BCUT2D eigenvalue weighted by Crippen LogP contribution is -2.59. The third kappa shape index (κ3) is 8.98. The van der Waals surface area contributed by atoms with Crippen molar-refractivity contribution in [3.05, 3.63) is 54.1 Å². The quantitative estimate of drug-likeness (QED) is 0.201. The van der Waals surface area contributed by atoms with Crippen molar-refractivity contribution < 1.29 is 24.3 Å². The van der Waals surface area contributed by atoms with Crippen molar-refractivity contribution in [3.8, 4) is 0 Å². The van der Waals surface area contributed by atoms with Crippen LogP contribution in [0.1, 0.15) is 51.8 Å². The van der Waals surface area contributed by atoms with Crippen molar-refractivity contribution in [2.75, 3.05) is 0 Å². The van der Waals surface area contributed by atoms with E-state index in [0.717, 1.165) is 5.56 Å². The molecule has 1 aromatic carbocycles. The molecule has 0 aliphatic heterocycles. The molecule has 0 fully saturated rings. The molecule has 0 spiro atoms. The average Bonchev–Trinajstić information content (AvgIpc) is 3.42. The number of nitrogens with zero attached hydrogens (tertiary/aromatic N) is 1. The van der Waals surface area contributed by atoms with Gasteiger partial charge in [0.2, 0.25) is 17.7 Å². The minimum absolute atomic E-state index is 0.0924. The average molecular weight is 529 g/mol. The Morgan fingerprint density at radius 2 is 1.50 bits per heavy atom. The first-order chi connectivity index (χ1) is 18.1. The Hall–Kier alpha value is -3.73. The van der Waals surface area contributed by atoms with Crippen molar-refractivity contribution >= 4 is 23.7 Å². The molecule has 38 heavy (non-hydrogen) atoms. The van der Waals surface area contributed by atoms with Gasteiger partial charge in [-0.3, -0.25) is 14.4 Å². The number of nitrogens with two attached hydrogens (primary N) is 1. The number of aliphatic carboxylic acids is 1. The predicted molar refractivity (Wildman–Crippen MR) is 143 cm³/mol. The smallest absolute Gasteiger partial charge is 0.326 e. The minimum Gasteiger partial charge on any atom is -0.480 e. The maximum Gasteiger partial charge on any atom is 0.326 e. The first-order valence-electron chi connectivity index (χ1n) is 13.0. The first kappa shape index (κ1) is 30.5. The van der Waals surface area contributed by atoms with E-state index in [0.29, 0.717) is 18.5 Å². The third-order valence-electron chi connectivity index (χ3n) is 6.82. The van der Waals surface area contributed by atoms with E-state index in [9.17, 15) is 24.3 Å². The van der Waals surface area contributed by atoms with Gasteiger partial charge >= 0.3 is 5.97 Å². The maximum atomic E-state index is 13.4. The molecular formula is C27H40N6O5. The van der Waals surface area contributed by atoms with Gasteiger partial charge in [0.25, 0.3) is 0 Å². The molecule has 2 aromatic rings. The number of carboxylic acids is 1. The van der Waals surface area contributed by atoms with Crippen molar-refractivity contribution in [3.63, 3.8) is 0 Å². The van der Waals surface area contributed by atoms with Crippen LogP contribution in [0.3, 0.4) is 0 Å². The lowest BCUT2D eigenvalue weighted by molar-refractivity contribution is -0.144. The van der Waals surface area contributed by atoms with E-state index < -0.39 is 47.9 Å². The van der Waals surface area contributed by atoms with Gasteiger partial charge in [0.15, 0.2) is 0 Å². The summed E-state index contributed by atoms with van der Waals surface area (Å²) >= 11 is 0. The lowest BCUT2D eigenvalue weighted by atomic mass is 9.95. The lowest BCUT2D eigenvalue weighted by Gasteiger charge is -2.29. The van der Waals surface area contributed by atoms with E-state index in [1.165, 1.54) is 6.33 Å². The number of rotatable bonds is 15. The summed E-state index contributed by atoms with van der Waals surface area (Å²) in [6.45, 7) is 7.24. The van der Waals surface area contributed by atoms with E-state index in [1.54, 1.807) is 20.0 Å². The molecule has 1 heterocycles. The van der Waals surface area contributed by atoms with E-state index in [1.807, 2.05) is 44.2 Å². The SMILES string of the molecule is CCC(C)C(NC(=O)C(NC(=O)C(Cc1cnc[nH]1)NC(=O)C(N)Cc1ccccc1)C(C)CC)C(=O)O. The second kappa shape index (κ2) is 14.9. The fourth-order valence-electron chi connectivity index (χ4n) is 3.95. The Balaban J connectivity index is 2.20. The van der Waals surface area contributed by atoms with Gasteiger partial charge in [-0.25, -0.2) is 9.78 Å². The molecule has 1 aromatic heterocycles. The molecule has 0 saturated carbocycles. The number of carboxylic acid groups (broad SMARTS) is 1. The van der Waals surface area contributed by atoms with Crippen LogP contribution < -0.4 is 21.7 Å². The Labute approximate surface area is 223 Å². The monoisotopic (exact) mass is 528 g/mol. The molecule has 6 unspecified atom stereocenters. The highest BCUT2D eigenvalue weighted by molar-refractivity contribution is 5.94. The number of nitrogens with one attached hydrogen (secondary N) is 4. The van der Waals surface area contributed by atoms with Crippen LogP contribution in [0.5, 0.6) is 0 Å². The number of hydrogen-bond acceptors (Lipinski definition) is 6. The summed E-state index contributed by atoms with van der Waals surface area (Å²) < 4.78 is 0. The van der Waals surface area contributed by atoms with Crippen molar-refractivity contribution in [2.24, 2.45) is 17.6 Å². The van der Waals surface area contributed by atoms with E-state index >= 15 is 0 Å². The third-order valence-corrected chi connectivity index (χ3v) is 6.82. The Bertz CT molecular complexity index is 1050.